The largest absolute Gasteiger partial charge is 0.240 e. The van der Waals surface area contributed by atoms with Gasteiger partial charge in [-0.15, -0.1) is 11.8 Å². The molecule has 0 saturated carbocycles. The Labute approximate surface area is 80.8 Å². The van der Waals surface area contributed by atoms with Crippen LogP contribution in [-0.4, -0.2) is 9.97 Å². The van der Waals surface area contributed by atoms with E-state index in [1.54, 1.807) is 6.33 Å². The Kier molecular flexibility index (Phi) is 2.24. The van der Waals surface area contributed by atoms with E-state index in [1.165, 1.54) is 0 Å². The highest BCUT2D eigenvalue weighted by molar-refractivity contribution is 7.99. The van der Waals surface area contributed by atoms with E-state index in [1.807, 2.05) is 11.8 Å². The molecule has 2 heterocycles. The van der Waals surface area contributed by atoms with Gasteiger partial charge in [-0.1, -0.05) is 18.5 Å². The van der Waals surface area contributed by atoms with Crippen LogP contribution in [-0.2, 0) is 5.75 Å². The molecule has 1 atom stereocenters. The highest BCUT2D eigenvalue weighted by Crippen LogP contribution is 2.44. The first-order valence-electron chi connectivity index (χ1n) is 3.93. The molecule has 1 aromatic heterocycles. The van der Waals surface area contributed by atoms with Crippen LogP contribution in [0.5, 0.6) is 0 Å². The van der Waals surface area contributed by atoms with E-state index < -0.39 is 0 Å². The van der Waals surface area contributed by atoms with E-state index in [-0.39, 0.29) is 0 Å². The van der Waals surface area contributed by atoms with Gasteiger partial charge in [-0.25, -0.2) is 9.97 Å². The number of aromatic nitrogens is 2. The third-order valence-electron chi connectivity index (χ3n) is 2.03. The van der Waals surface area contributed by atoms with Crippen LogP contribution in [0.2, 0.25) is 5.15 Å². The minimum absolute atomic E-state index is 0.508. The fraction of sp³-hybridized carbons (Fsp3) is 0.500. The summed E-state index contributed by atoms with van der Waals surface area (Å²) in [6.45, 7) is 2.16. The van der Waals surface area contributed by atoms with Crippen LogP contribution in [0, 0.1) is 0 Å². The molecule has 12 heavy (non-hydrogen) atoms. The van der Waals surface area contributed by atoms with Crippen molar-refractivity contribution in [3.8, 4) is 0 Å². The first-order chi connectivity index (χ1) is 5.83. The quantitative estimate of drug-likeness (QED) is 0.652. The van der Waals surface area contributed by atoms with E-state index >= 15 is 0 Å². The Hall–Kier alpha value is -0.280. The Morgan fingerprint density at radius 1 is 1.67 bits per heavy atom. The maximum absolute atomic E-state index is 5.98. The molecule has 1 aliphatic rings. The molecule has 1 aliphatic heterocycles. The van der Waals surface area contributed by atoms with Crippen molar-refractivity contribution in [3.63, 3.8) is 0 Å². The molecule has 2 rings (SSSR count). The Morgan fingerprint density at radius 3 is 3.25 bits per heavy atom. The van der Waals surface area contributed by atoms with Crippen LogP contribution in [0.15, 0.2) is 6.33 Å². The lowest BCUT2D eigenvalue weighted by molar-refractivity contribution is 0.883. The smallest absolute Gasteiger partial charge is 0.137 e. The maximum Gasteiger partial charge on any atom is 0.137 e. The predicted octanol–water partition coefficient (Wildman–Crippen LogP) is 2.83. The first kappa shape index (κ1) is 8.32. The lowest BCUT2D eigenvalue weighted by Crippen LogP contribution is -1.94. The number of hydrogen-bond donors (Lipinski definition) is 0. The van der Waals surface area contributed by atoms with Crippen molar-refractivity contribution in [2.75, 3.05) is 0 Å². The molecule has 0 amide bonds. The average molecular weight is 201 g/mol. The second-order valence-electron chi connectivity index (χ2n) is 2.73. The van der Waals surface area contributed by atoms with Gasteiger partial charge < -0.3 is 0 Å². The van der Waals surface area contributed by atoms with Gasteiger partial charge in [0.2, 0.25) is 0 Å². The van der Waals surface area contributed by atoms with E-state index in [2.05, 4.69) is 16.9 Å². The molecule has 0 N–H and O–H groups in total. The summed E-state index contributed by atoms with van der Waals surface area (Å²) in [5.74, 6) is 0.982. The van der Waals surface area contributed by atoms with E-state index in [9.17, 15) is 0 Å². The summed E-state index contributed by atoms with van der Waals surface area (Å²) >= 11 is 7.88. The van der Waals surface area contributed by atoms with Crippen LogP contribution >= 0.6 is 23.4 Å². The molecule has 2 nitrogen and oxygen atoms in total. The number of thioether (sulfide) groups is 1. The van der Waals surface area contributed by atoms with Gasteiger partial charge in [0.25, 0.3) is 0 Å². The molecule has 0 aliphatic carbocycles. The number of halogens is 1. The van der Waals surface area contributed by atoms with Crippen LogP contribution in [0.1, 0.15) is 29.9 Å². The van der Waals surface area contributed by atoms with Crippen LogP contribution in [0.3, 0.4) is 0 Å². The number of hydrogen-bond acceptors (Lipinski definition) is 3. The van der Waals surface area contributed by atoms with E-state index in [0.717, 1.165) is 23.4 Å². The average Bonchev–Trinajstić information content (AvgIpc) is 2.49. The number of fused-ring (bicyclic) bond motifs is 1. The first-order valence-corrected chi connectivity index (χ1v) is 5.36. The second kappa shape index (κ2) is 3.23. The second-order valence-corrected chi connectivity index (χ2v) is 4.28. The molecule has 0 saturated heterocycles. The molecule has 0 spiro atoms. The molecule has 0 aromatic carbocycles. The third kappa shape index (κ3) is 1.21. The monoisotopic (exact) mass is 200 g/mol. The zero-order chi connectivity index (χ0) is 8.55. The fourth-order valence-electron chi connectivity index (χ4n) is 1.43. The lowest BCUT2D eigenvalue weighted by atomic mass is 10.1. The van der Waals surface area contributed by atoms with Crippen molar-refractivity contribution in [3.05, 3.63) is 22.7 Å². The van der Waals surface area contributed by atoms with Crippen LogP contribution < -0.4 is 0 Å². The van der Waals surface area contributed by atoms with Crippen LogP contribution in [0.4, 0.5) is 0 Å². The molecule has 1 unspecified atom stereocenters. The molecule has 0 bridgehead atoms. The van der Waals surface area contributed by atoms with Gasteiger partial charge in [-0.05, 0) is 6.42 Å². The molecular weight excluding hydrogens is 192 g/mol. The summed E-state index contributed by atoms with van der Waals surface area (Å²) in [4.78, 5) is 8.19. The summed E-state index contributed by atoms with van der Waals surface area (Å²) in [7, 11) is 0. The zero-order valence-electron chi connectivity index (χ0n) is 6.75. The van der Waals surface area contributed by atoms with Crippen molar-refractivity contribution >= 4 is 23.4 Å². The zero-order valence-corrected chi connectivity index (χ0v) is 8.32. The Morgan fingerprint density at radius 2 is 2.50 bits per heavy atom. The van der Waals surface area contributed by atoms with E-state index in [0.29, 0.717) is 10.4 Å². The van der Waals surface area contributed by atoms with Crippen molar-refractivity contribution < 1.29 is 0 Å². The number of rotatable bonds is 1. The SMILES string of the molecule is CCC1SCc2ncnc(Cl)c21. The van der Waals surface area contributed by atoms with Gasteiger partial charge in [-0.2, -0.15) is 0 Å². The van der Waals surface area contributed by atoms with Crippen LogP contribution in [0.25, 0.3) is 0 Å². The summed E-state index contributed by atoms with van der Waals surface area (Å²) in [6, 6.07) is 0. The third-order valence-corrected chi connectivity index (χ3v) is 3.74. The summed E-state index contributed by atoms with van der Waals surface area (Å²) in [5, 5.41) is 1.14. The predicted molar refractivity (Wildman–Crippen MR) is 51.4 cm³/mol. The Bertz CT molecular complexity index is 303. The van der Waals surface area contributed by atoms with Gasteiger partial charge in [0, 0.05) is 16.6 Å². The normalized spacial score (nSPS) is 21.0. The molecule has 4 heteroatoms. The molecule has 0 radical (unpaired) electrons. The molecule has 1 aromatic rings. The molecule has 64 valence electrons. The van der Waals surface area contributed by atoms with Gasteiger partial charge in [-0.3, -0.25) is 0 Å². The highest BCUT2D eigenvalue weighted by Gasteiger charge is 2.25. The van der Waals surface area contributed by atoms with Gasteiger partial charge in [0.15, 0.2) is 0 Å². The van der Waals surface area contributed by atoms with Crippen molar-refractivity contribution in [2.24, 2.45) is 0 Å². The van der Waals surface area contributed by atoms with Gasteiger partial charge in [0.1, 0.15) is 11.5 Å². The van der Waals surface area contributed by atoms with Gasteiger partial charge in [0.05, 0.1) is 5.69 Å². The minimum atomic E-state index is 0.508. The summed E-state index contributed by atoms with van der Waals surface area (Å²) in [6.07, 6.45) is 2.64. The van der Waals surface area contributed by atoms with Crippen molar-refractivity contribution in [1.82, 2.24) is 9.97 Å². The topological polar surface area (TPSA) is 25.8 Å². The highest BCUT2D eigenvalue weighted by atomic mass is 35.5. The molecular formula is C8H9ClN2S. The summed E-state index contributed by atoms with van der Waals surface area (Å²) in [5.41, 5.74) is 2.28. The van der Waals surface area contributed by atoms with Gasteiger partial charge >= 0.3 is 0 Å². The Balaban J connectivity index is 2.48. The minimum Gasteiger partial charge on any atom is -0.240 e. The van der Waals surface area contributed by atoms with E-state index in [4.69, 9.17) is 11.6 Å². The lowest BCUT2D eigenvalue weighted by Gasteiger charge is -2.06. The standard InChI is InChI=1S/C8H9ClN2S/c1-2-6-7-5(3-12-6)10-4-11-8(7)9/h4,6H,2-3H2,1H3. The maximum atomic E-state index is 5.98. The molecule has 0 fully saturated rings. The van der Waals surface area contributed by atoms with Crippen molar-refractivity contribution in [2.45, 2.75) is 24.3 Å². The van der Waals surface area contributed by atoms with Crippen molar-refractivity contribution in [1.29, 1.82) is 0 Å². The number of nitrogens with zero attached hydrogens (tertiary/aromatic N) is 2. The fourth-order valence-corrected chi connectivity index (χ4v) is 3.01. The summed E-state index contributed by atoms with van der Waals surface area (Å²) < 4.78 is 0.